The van der Waals surface area contributed by atoms with Gasteiger partial charge in [-0.05, 0) is 94.9 Å². The molecule has 62 heavy (non-hydrogen) atoms. The van der Waals surface area contributed by atoms with Gasteiger partial charge in [0.1, 0.15) is 6.61 Å². The number of fused-ring (bicyclic) bond motifs is 2. The Morgan fingerprint density at radius 2 is 1.53 bits per heavy atom. The molecule has 1 N–H and O–H groups in total. The molecule has 17 heteroatoms. The van der Waals surface area contributed by atoms with Gasteiger partial charge in [0.2, 0.25) is 0 Å². The van der Waals surface area contributed by atoms with Crippen molar-refractivity contribution >= 4 is 46.7 Å². The van der Waals surface area contributed by atoms with E-state index in [2.05, 4.69) is 17.1 Å². The fourth-order valence-electron chi connectivity index (χ4n) is 8.34. The fourth-order valence-corrected chi connectivity index (χ4v) is 8.34. The lowest BCUT2D eigenvalue weighted by Gasteiger charge is -2.38. The Balaban J connectivity index is 0.000000341. The predicted molar refractivity (Wildman–Crippen MR) is 236 cm³/mol. The minimum atomic E-state index is -1.02. The van der Waals surface area contributed by atoms with Gasteiger partial charge in [0.25, 0.3) is 5.91 Å². The van der Waals surface area contributed by atoms with Crippen molar-refractivity contribution in [2.24, 2.45) is 13.0 Å². The molecule has 0 unspecified atom stereocenters. The first-order valence-corrected chi connectivity index (χ1v) is 21.5. The normalized spacial score (nSPS) is 18.2. The molecule has 0 bridgehead atoms. The molecule has 0 aliphatic carbocycles. The van der Waals surface area contributed by atoms with E-state index in [0.29, 0.717) is 82.2 Å². The summed E-state index contributed by atoms with van der Waals surface area (Å²) in [5.41, 5.74) is 4.68. The van der Waals surface area contributed by atoms with Crippen molar-refractivity contribution in [2.75, 3.05) is 98.5 Å². The quantitative estimate of drug-likeness (QED) is 0.258. The number of para-hydroxylation sites is 1. The number of carbonyl (C=O) groups is 5. The van der Waals surface area contributed by atoms with E-state index >= 15 is 0 Å². The van der Waals surface area contributed by atoms with Gasteiger partial charge in [-0.1, -0.05) is 38.6 Å². The molecule has 0 spiro atoms. The second-order valence-corrected chi connectivity index (χ2v) is 17.1. The third-order valence-corrected chi connectivity index (χ3v) is 12.2. The number of anilines is 1. The molecule has 0 radical (unpaired) electrons. The summed E-state index contributed by atoms with van der Waals surface area (Å²) in [6.07, 6.45) is 2.56. The highest BCUT2D eigenvalue weighted by Gasteiger charge is 2.35. The molecule has 4 aliphatic rings. The maximum Gasteiger partial charge on any atom is 0.419 e. The summed E-state index contributed by atoms with van der Waals surface area (Å²) < 4.78 is 17.8. The largest absolute Gasteiger partial charge is 0.457 e. The van der Waals surface area contributed by atoms with Crippen molar-refractivity contribution in [1.29, 1.82) is 0 Å². The lowest BCUT2D eigenvalue weighted by Crippen LogP contribution is -2.53. The highest BCUT2D eigenvalue weighted by Crippen LogP contribution is 2.26. The smallest absolute Gasteiger partial charge is 0.419 e. The number of oxazole rings is 1. The summed E-state index contributed by atoms with van der Waals surface area (Å²) in [7, 11) is 7.45. The number of hydrogen-bond acceptors (Lipinski definition) is 11. The van der Waals surface area contributed by atoms with Gasteiger partial charge in [0.05, 0.1) is 5.52 Å². The summed E-state index contributed by atoms with van der Waals surface area (Å²) >= 11 is 0. The van der Waals surface area contributed by atoms with Gasteiger partial charge in [-0.25, -0.2) is 19.2 Å². The van der Waals surface area contributed by atoms with Gasteiger partial charge in [0.15, 0.2) is 11.7 Å². The molecule has 3 aromatic rings. The molecule has 3 saturated heterocycles. The average Bonchev–Trinajstić information content (AvgIpc) is 3.42. The maximum absolute atomic E-state index is 13.7. The number of benzene rings is 2. The lowest BCUT2D eigenvalue weighted by molar-refractivity contribution is -0.161. The molecule has 5 amide bonds. The number of nitrogens with one attached hydrogen (secondary N) is 1. The Bertz CT molecular complexity index is 2090. The number of likely N-dealkylation sites (tertiary alicyclic amines) is 2. The summed E-state index contributed by atoms with van der Waals surface area (Å²) in [5.74, 6) is -1.25. The Morgan fingerprint density at radius 1 is 0.871 bits per heavy atom. The number of nitrogens with zero attached hydrogens (tertiary/aromatic N) is 7. The zero-order chi connectivity index (χ0) is 43.8. The van der Waals surface area contributed by atoms with Gasteiger partial charge in [-0.15, -0.1) is 0 Å². The van der Waals surface area contributed by atoms with Gasteiger partial charge in [0, 0.05) is 90.6 Å². The monoisotopic (exact) mass is 862 g/mol. The zero-order valence-electron chi connectivity index (χ0n) is 36.5. The number of rotatable bonds is 8. The second-order valence-electron chi connectivity index (χ2n) is 17.1. The average molecular weight is 863 g/mol. The molecule has 5 heterocycles. The van der Waals surface area contributed by atoms with Crippen LogP contribution in [0.25, 0.3) is 11.1 Å². The Kier molecular flexibility index (Phi) is 16.6. The van der Waals surface area contributed by atoms with E-state index < -0.39 is 29.8 Å². The van der Waals surface area contributed by atoms with Crippen molar-refractivity contribution in [3.63, 3.8) is 0 Å². The molecular weight excluding hydrogens is 797 g/mol. The number of likely N-dealkylation sites (N-methyl/N-ethyl adjacent to an activating group) is 2. The minimum absolute atomic E-state index is 0. The van der Waals surface area contributed by atoms with Crippen LogP contribution in [0, 0.1) is 12.8 Å². The molecule has 1 atom stereocenters. The Hall–Kier alpha value is -5.42. The number of hydrogen-bond donors (Lipinski definition) is 1. The van der Waals surface area contributed by atoms with E-state index in [1.807, 2.05) is 68.2 Å². The molecule has 0 saturated carbocycles. The van der Waals surface area contributed by atoms with Crippen LogP contribution in [0.15, 0.2) is 45.6 Å². The first kappa shape index (κ1) is 47.6. The zero-order valence-corrected chi connectivity index (χ0v) is 36.5. The summed E-state index contributed by atoms with van der Waals surface area (Å²) in [5, 5.41) is 3.03. The van der Waals surface area contributed by atoms with E-state index in [-0.39, 0.29) is 38.4 Å². The number of piperazine rings is 1. The van der Waals surface area contributed by atoms with Crippen LogP contribution in [0.5, 0.6) is 0 Å². The first-order chi connectivity index (χ1) is 29.2. The number of aryl methyl sites for hydroxylation is 2. The van der Waals surface area contributed by atoms with Gasteiger partial charge in [-0.2, -0.15) is 0 Å². The first-order valence-electron chi connectivity index (χ1n) is 21.5. The minimum Gasteiger partial charge on any atom is -0.457 e. The van der Waals surface area contributed by atoms with Crippen LogP contribution in [-0.2, 0) is 43.7 Å². The van der Waals surface area contributed by atoms with Crippen molar-refractivity contribution in [3.05, 3.63) is 63.6 Å². The van der Waals surface area contributed by atoms with Gasteiger partial charge in [-0.3, -0.25) is 14.2 Å². The van der Waals surface area contributed by atoms with E-state index in [1.165, 1.54) is 4.57 Å². The van der Waals surface area contributed by atoms with Crippen molar-refractivity contribution in [2.45, 2.75) is 71.9 Å². The number of carbonyl (C=O) groups excluding carboxylic acids is 5. The Morgan fingerprint density at radius 3 is 2.21 bits per heavy atom. The number of amides is 5. The van der Waals surface area contributed by atoms with Crippen molar-refractivity contribution < 1.29 is 37.9 Å². The number of urea groups is 1. The van der Waals surface area contributed by atoms with E-state index in [1.54, 1.807) is 27.8 Å². The number of esters is 1. The molecule has 3 fully saturated rings. The van der Waals surface area contributed by atoms with Crippen LogP contribution in [0.3, 0.4) is 0 Å². The molecule has 4 aliphatic heterocycles. The number of aromatic nitrogens is 1. The van der Waals surface area contributed by atoms with Crippen molar-refractivity contribution in [1.82, 2.24) is 34.0 Å². The van der Waals surface area contributed by atoms with Crippen LogP contribution in [0.2, 0.25) is 0 Å². The van der Waals surface area contributed by atoms with Gasteiger partial charge < -0.3 is 48.6 Å². The van der Waals surface area contributed by atoms with Crippen LogP contribution >= 0.6 is 0 Å². The SMILES string of the molecule is C.CC1CCN(C(=O)C(=O)OCCN(C)C)CC1.Cc1cc(C[C@@H](OC(=O)N2CCC(N3CCc4ccccc4NC3=O)CC2)C(=O)N2CCN(C)CC2)cc2oc(=O)n(C)c12. The standard InChI is InChI=1S/C32H40N6O6.C12H22N2O3.CH4/c1-21-18-22(19-26-28(21)35(3)31(41)43-26)20-27(29(39)36-16-14-34(2)15-17-36)44-32(42)37-11-9-24(10-12-37)38-13-8-23-6-4-5-7-25(23)33-30(38)40;1-10-4-6-14(7-5-10)11(15)12(16)17-9-8-13(2)3;/h4-7,18-19,24,27H,8-17,20H2,1-3H3,(H,33,40);10H,4-9H2,1-3H3;1H4/t27-;;/m1../s1. The third kappa shape index (κ3) is 11.9. The molecule has 2 aromatic carbocycles. The molecule has 17 nitrogen and oxygen atoms in total. The van der Waals surface area contributed by atoms with Crippen molar-refractivity contribution in [3.8, 4) is 0 Å². The summed E-state index contributed by atoms with van der Waals surface area (Å²) in [6.45, 7) is 10.4. The second kappa shape index (κ2) is 21.6. The predicted octanol–water partition coefficient (Wildman–Crippen LogP) is 3.80. The van der Waals surface area contributed by atoms with E-state index in [4.69, 9.17) is 13.9 Å². The molecule has 340 valence electrons. The van der Waals surface area contributed by atoms with Gasteiger partial charge >= 0.3 is 29.8 Å². The van der Waals surface area contributed by atoms with Crippen LogP contribution in [0.1, 0.15) is 56.7 Å². The van der Waals surface area contributed by atoms with Crippen LogP contribution < -0.4 is 11.1 Å². The fraction of sp³-hybridized carbons (Fsp3) is 0.600. The highest BCUT2D eigenvalue weighted by molar-refractivity contribution is 6.32. The Labute approximate surface area is 364 Å². The molecular formula is C45H66N8O9. The third-order valence-electron chi connectivity index (χ3n) is 12.2. The number of ether oxygens (including phenoxy) is 2. The van der Waals surface area contributed by atoms with Crippen LogP contribution in [-0.4, -0.2) is 169 Å². The van der Waals surface area contributed by atoms with E-state index in [0.717, 1.165) is 54.7 Å². The lowest BCUT2D eigenvalue weighted by atomic mass is 9.99. The highest BCUT2D eigenvalue weighted by atomic mass is 16.6. The van der Waals surface area contributed by atoms with Crippen LogP contribution in [0.4, 0.5) is 15.3 Å². The summed E-state index contributed by atoms with van der Waals surface area (Å²) in [4.78, 5) is 86.5. The molecule has 7 rings (SSSR count). The molecule has 1 aromatic heterocycles. The van der Waals surface area contributed by atoms with E-state index in [9.17, 15) is 28.8 Å². The summed E-state index contributed by atoms with van der Waals surface area (Å²) in [6, 6.07) is 11.4. The number of piperidine rings is 2. The topological polar surface area (TPSA) is 170 Å². The maximum atomic E-state index is 13.7.